The SMILES string of the molecule is CCn1c(SCC(=O)Nc2ccc(C#N)cc2)nnc1C(C)C. The number of benzene rings is 1. The van der Waals surface area contributed by atoms with Gasteiger partial charge in [0.05, 0.1) is 17.4 Å². The molecule has 0 radical (unpaired) electrons. The standard InChI is InChI=1S/C16H19N5OS/c1-4-21-15(11(2)3)19-20-16(21)23-10-14(22)18-13-7-5-12(9-17)6-8-13/h5-8,11H,4,10H2,1-3H3,(H,18,22). The number of hydrogen-bond donors (Lipinski definition) is 1. The summed E-state index contributed by atoms with van der Waals surface area (Å²) in [4.78, 5) is 12.0. The molecule has 6 nitrogen and oxygen atoms in total. The van der Waals surface area contributed by atoms with Gasteiger partial charge >= 0.3 is 0 Å². The molecule has 0 aliphatic rings. The van der Waals surface area contributed by atoms with E-state index in [2.05, 4.69) is 29.4 Å². The predicted molar refractivity (Wildman–Crippen MR) is 90.3 cm³/mol. The summed E-state index contributed by atoms with van der Waals surface area (Å²) in [6, 6.07) is 8.82. The quantitative estimate of drug-likeness (QED) is 0.824. The molecule has 1 aromatic carbocycles. The number of thioether (sulfide) groups is 1. The van der Waals surface area contributed by atoms with E-state index in [1.807, 2.05) is 17.6 Å². The lowest BCUT2D eigenvalue weighted by Crippen LogP contribution is -2.14. The van der Waals surface area contributed by atoms with Crippen LogP contribution in [0.25, 0.3) is 0 Å². The minimum absolute atomic E-state index is 0.114. The Morgan fingerprint density at radius 2 is 2.04 bits per heavy atom. The second-order valence-electron chi connectivity index (χ2n) is 5.27. The molecule has 2 aromatic rings. The van der Waals surface area contributed by atoms with Crippen LogP contribution < -0.4 is 5.32 Å². The molecule has 23 heavy (non-hydrogen) atoms. The van der Waals surface area contributed by atoms with E-state index >= 15 is 0 Å². The fourth-order valence-corrected chi connectivity index (χ4v) is 2.90. The number of nitrogens with zero attached hydrogens (tertiary/aromatic N) is 4. The van der Waals surface area contributed by atoms with Gasteiger partial charge in [0, 0.05) is 18.2 Å². The number of nitriles is 1. The highest BCUT2D eigenvalue weighted by Crippen LogP contribution is 2.21. The fraction of sp³-hybridized carbons (Fsp3) is 0.375. The normalized spacial score (nSPS) is 10.6. The van der Waals surface area contributed by atoms with Crippen molar-refractivity contribution in [1.29, 1.82) is 5.26 Å². The Hall–Kier alpha value is -2.33. The Kier molecular flexibility index (Phi) is 5.77. The van der Waals surface area contributed by atoms with Gasteiger partial charge in [-0.25, -0.2) is 0 Å². The Balaban J connectivity index is 1.95. The molecule has 1 amide bonds. The van der Waals surface area contributed by atoms with Gasteiger partial charge in [0.15, 0.2) is 5.16 Å². The summed E-state index contributed by atoms with van der Waals surface area (Å²) in [6.07, 6.45) is 0. The molecular weight excluding hydrogens is 310 g/mol. The van der Waals surface area contributed by atoms with Gasteiger partial charge in [0.1, 0.15) is 5.82 Å². The van der Waals surface area contributed by atoms with Crippen LogP contribution >= 0.6 is 11.8 Å². The molecule has 0 unspecified atom stereocenters. The van der Waals surface area contributed by atoms with Crippen LogP contribution in [0.4, 0.5) is 5.69 Å². The molecule has 0 aliphatic carbocycles. The van der Waals surface area contributed by atoms with Crippen LogP contribution in [0, 0.1) is 11.3 Å². The van der Waals surface area contributed by atoms with Gasteiger partial charge in [-0.2, -0.15) is 5.26 Å². The van der Waals surface area contributed by atoms with Gasteiger partial charge in [-0.05, 0) is 31.2 Å². The monoisotopic (exact) mass is 329 g/mol. The van der Waals surface area contributed by atoms with E-state index in [1.165, 1.54) is 11.8 Å². The predicted octanol–water partition coefficient (Wildman–Crippen LogP) is 3.02. The molecule has 1 N–H and O–H groups in total. The van der Waals surface area contributed by atoms with E-state index in [-0.39, 0.29) is 11.7 Å². The highest BCUT2D eigenvalue weighted by atomic mass is 32.2. The molecule has 0 saturated carbocycles. The maximum atomic E-state index is 12.0. The summed E-state index contributed by atoms with van der Waals surface area (Å²) in [5.41, 5.74) is 1.24. The summed E-state index contributed by atoms with van der Waals surface area (Å²) in [5, 5.41) is 20.7. The molecule has 120 valence electrons. The fourth-order valence-electron chi connectivity index (χ4n) is 2.09. The van der Waals surface area contributed by atoms with Gasteiger partial charge in [-0.3, -0.25) is 4.79 Å². The van der Waals surface area contributed by atoms with Crippen molar-refractivity contribution in [2.45, 2.75) is 38.4 Å². The van der Waals surface area contributed by atoms with Gasteiger partial charge in [0.2, 0.25) is 5.91 Å². The highest BCUT2D eigenvalue weighted by Gasteiger charge is 2.15. The number of carbonyl (C=O) groups excluding carboxylic acids is 1. The first-order valence-corrected chi connectivity index (χ1v) is 8.39. The van der Waals surface area contributed by atoms with Crippen LogP contribution in [0.2, 0.25) is 0 Å². The molecule has 0 saturated heterocycles. The van der Waals surface area contributed by atoms with Crippen molar-refractivity contribution in [3.05, 3.63) is 35.7 Å². The second kappa shape index (κ2) is 7.79. The zero-order chi connectivity index (χ0) is 16.8. The van der Waals surface area contributed by atoms with Crippen molar-refractivity contribution in [2.24, 2.45) is 0 Å². The number of rotatable bonds is 6. The topological polar surface area (TPSA) is 83.6 Å². The first-order chi connectivity index (χ1) is 11.0. The molecule has 0 spiro atoms. The number of anilines is 1. The van der Waals surface area contributed by atoms with Crippen LogP contribution in [0.15, 0.2) is 29.4 Å². The maximum absolute atomic E-state index is 12.0. The zero-order valence-corrected chi connectivity index (χ0v) is 14.2. The lowest BCUT2D eigenvalue weighted by atomic mass is 10.2. The van der Waals surface area contributed by atoms with Gasteiger partial charge in [0.25, 0.3) is 0 Å². The molecular formula is C16H19N5OS. The Labute approximate surface area is 139 Å². The number of hydrogen-bond acceptors (Lipinski definition) is 5. The van der Waals surface area contributed by atoms with Crippen LogP contribution in [-0.4, -0.2) is 26.4 Å². The van der Waals surface area contributed by atoms with E-state index in [0.717, 1.165) is 17.5 Å². The average molecular weight is 329 g/mol. The number of carbonyl (C=O) groups is 1. The smallest absolute Gasteiger partial charge is 0.234 e. The van der Waals surface area contributed by atoms with Gasteiger partial charge < -0.3 is 9.88 Å². The van der Waals surface area contributed by atoms with Crippen molar-refractivity contribution in [3.8, 4) is 6.07 Å². The van der Waals surface area contributed by atoms with Crippen molar-refractivity contribution in [2.75, 3.05) is 11.1 Å². The van der Waals surface area contributed by atoms with E-state index in [4.69, 9.17) is 5.26 Å². The van der Waals surface area contributed by atoms with Crippen molar-refractivity contribution in [3.63, 3.8) is 0 Å². The summed E-state index contributed by atoms with van der Waals surface area (Å²) in [5.74, 6) is 1.37. The minimum Gasteiger partial charge on any atom is -0.325 e. The second-order valence-corrected chi connectivity index (χ2v) is 6.21. The highest BCUT2D eigenvalue weighted by molar-refractivity contribution is 7.99. The van der Waals surface area contributed by atoms with Crippen LogP contribution in [0.5, 0.6) is 0 Å². The summed E-state index contributed by atoms with van der Waals surface area (Å²) in [7, 11) is 0. The maximum Gasteiger partial charge on any atom is 0.234 e. The van der Waals surface area contributed by atoms with Crippen LogP contribution in [0.1, 0.15) is 38.1 Å². The third-order valence-corrected chi connectivity index (χ3v) is 4.17. The molecule has 1 aromatic heterocycles. The number of amides is 1. The molecule has 1 heterocycles. The summed E-state index contributed by atoms with van der Waals surface area (Å²) < 4.78 is 2.03. The third-order valence-electron chi connectivity index (χ3n) is 3.21. The van der Waals surface area contributed by atoms with Crippen LogP contribution in [-0.2, 0) is 11.3 Å². The van der Waals surface area contributed by atoms with E-state index in [9.17, 15) is 4.79 Å². The van der Waals surface area contributed by atoms with E-state index in [0.29, 0.717) is 17.2 Å². The lowest BCUT2D eigenvalue weighted by Gasteiger charge is -2.09. The Bertz CT molecular complexity index is 715. The zero-order valence-electron chi connectivity index (χ0n) is 13.4. The molecule has 2 rings (SSSR count). The largest absolute Gasteiger partial charge is 0.325 e. The van der Waals surface area contributed by atoms with E-state index < -0.39 is 0 Å². The first-order valence-electron chi connectivity index (χ1n) is 7.41. The van der Waals surface area contributed by atoms with Crippen LogP contribution in [0.3, 0.4) is 0 Å². The molecule has 0 atom stereocenters. The van der Waals surface area contributed by atoms with Crippen molar-refractivity contribution in [1.82, 2.24) is 14.8 Å². The molecule has 7 heteroatoms. The van der Waals surface area contributed by atoms with Crippen molar-refractivity contribution < 1.29 is 4.79 Å². The summed E-state index contributed by atoms with van der Waals surface area (Å²) in [6.45, 7) is 6.96. The number of aromatic nitrogens is 3. The third kappa shape index (κ3) is 4.33. The molecule has 0 bridgehead atoms. The molecule has 0 fully saturated rings. The summed E-state index contributed by atoms with van der Waals surface area (Å²) >= 11 is 1.37. The van der Waals surface area contributed by atoms with Gasteiger partial charge in [-0.15, -0.1) is 10.2 Å². The Morgan fingerprint density at radius 1 is 1.35 bits per heavy atom. The minimum atomic E-state index is -0.114. The Morgan fingerprint density at radius 3 is 2.61 bits per heavy atom. The van der Waals surface area contributed by atoms with Gasteiger partial charge in [-0.1, -0.05) is 25.6 Å². The lowest BCUT2D eigenvalue weighted by molar-refractivity contribution is -0.113. The number of nitrogens with one attached hydrogen (secondary N) is 1. The van der Waals surface area contributed by atoms with E-state index in [1.54, 1.807) is 24.3 Å². The average Bonchev–Trinajstić information content (AvgIpc) is 2.97. The first kappa shape index (κ1) is 17.0. The molecule has 0 aliphatic heterocycles. The van der Waals surface area contributed by atoms with Crippen molar-refractivity contribution >= 4 is 23.4 Å².